The molecular weight excluding hydrogens is 312 g/mol. The van der Waals surface area contributed by atoms with Crippen LogP contribution in [0.4, 0.5) is 0 Å². The minimum atomic E-state index is -0.0368. The Kier molecular flexibility index (Phi) is 12.2. The van der Waals surface area contributed by atoms with Crippen molar-refractivity contribution in [1.29, 1.82) is 0 Å². The zero-order valence-electron chi connectivity index (χ0n) is 16.6. The van der Waals surface area contributed by atoms with E-state index in [1.807, 2.05) is 0 Å². The predicted molar refractivity (Wildman–Crippen MR) is 111 cm³/mol. The molecule has 1 heteroatoms. The van der Waals surface area contributed by atoms with Gasteiger partial charge in [-0.15, -0.1) is 18.2 Å². The average Bonchev–Trinajstić information content (AvgIpc) is 2.61. The van der Waals surface area contributed by atoms with Crippen LogP contribution in [0.15, 0.2) is 12.7 Å². The molecule has 0 aromatic carbocycles. The summed E-state index contributed by atoms with van der Waals surface area (Å²) in [5.41, 5.74) is 0. The van der Waals surface area contributed by atoms with Crippen molar-refractivity contribution in [3.8, 4) is 0 Å². The summed E-state index contributed by atoms with van der Waals surface area (Å²) in [6.07, 6.45) is 23.8. The summed E-state index contributed by atoms with van der Waals surface area (Å²) < 4.78 is 0. The van der Waals surface area contributed by atoms with Gasteiger partial charge in [-0.05, 0) is 31.1 Å². The van der Waals surface area contributed by atoms with E-state index in [4.69, 9.17) is 11.6 Å². The van der Waals surface area contributed by atoms with Gasteiger partial charge in [0.1, 0.15) is 0 Å². The second-order valence-electron chi connectivity index (χ2n) is 8.15. The van der Waals surface area contributed by atoms with E-state index in [2.05, 4.69) is 26.5 Å². The molecule has 0 aliphatic heterocycles. The van der Waals surface area contributed by atoms with Gasteiger partial charge in [-0.1, -0.05) is 103 Å². The molecular formula is C23H43Cl. The van der Waals surface area contributed by atoms with E-state index in [0.29, 0.717) is 5.92 Å². The van der Waals surface area contributed by atoms with Crippen molar-refractivity contribution in [3.05, 3.63) is 12.7 Å². The molecule has 0 N–H and O–H groups in total. The zero-order valence-corrected chi connectivity index (χ0v) is 17.4. The number of hydrogen-bond acceptors (Lipinski definition) is 0. The van der Waals surface area contributed by atoms with Crippen LogP contribution in [0.1, 0.15) is 117 Å². The molecule has 1 rings (SSSR count). The van der Waals surface area contributed by atoms with Crippen LogP contribution in [0.5, 0.6) is 0 Å². The Morgan fingerprint density at radius 2 is 1.54 bits per heavy atom. The lowest BCUT2D eigenvalue weighted by molar-refractivity contribution is 0.175. The standard InChI is InChI=1S/C23H43Cl/c1-4-7-8-9-10-11-12-16-19-22(21-17-14-13-15-18-21)23(24,6-3)20-5-2/h5,21-22H,2,4,6-20H2,1,3H3. The van der Waals surface area contributed by atoms with E-state index >= 15 is 0 Å². The average molecular weight is 355 g/mol. The lowest BCUT2D eigenvalue weighted by atomic mass is 9.69. The van der Waals surface area contributed by atoms with Crippen molar-refractivity contribution in [1.82, 2.24) is 0 Å². The van der Waals surface area contributed by atoms with Crippen LogP contribution in [-0.4, -0.2) is 4.87 Å². The highest BCUT2D eigenvalue weighted by Gasteiger charge is 2.38. The minimum absolute atomic E-state index is 0.0368. The van der Waals surface area contributed by atoms with Crippen LogP contribution in [0.3, 0.4) is 0 Å². The lowest BCUT2D eigenvalue weighted by Crippen LogP contribution is -2.37. The van der Waals surface area contributed by atoms with Crippen LogP contribution in [0.2, 0.25) is 0 Å². The molecule has 0 saturated heterocycles. The molecule has 0 aromatic heterocycles. The molecule has 2 unspecified atom stereocenters. The van der Waals surface area contributed by atoms with Crippen LogP contribution < -0.4 is 0 Å². The van der Waals surface area contributed by atoms with Crippen molar-refractivity contribution in [3.63, 3.8) is 0 Å². The Morgan fingerprint density at radius 3 is 2.08 bits per heavy atom. The summed E-state index contributed by atoms with van der Waals surface area (Å²) in [5, 5.41) is 0. The molecule has 1 aliphatic carbocycles. The number of unbranched alkanes of at least 4 members (excludes halogenated alkanes) is 7. The summed E-state index contributed by atoms with van der Waals surface area (Å²) in [6, 6.07) is 0. The second kappa shape index (κ2) is 13.3. The molecule has 24 heavy (non-hydrogen) atoms. The fraction of sp³-hybridized carbons (Fsp3) is 0.913. The van der Waals surface area contributed by atoms with E-state index < -0.39 is 0 Å². The first-order valence-corrected chi connectivity index (χ1v) is 11.4. The molecule has 0 amide bonds. The van der Waals surface area contributed by atoms with Crippen molar-refractivity contribution in [2.45, 2.75) is 121 Å². The van der Waals surface area contributed by atoms with Crippen molar-refractivity contribution >= 4 is 11.6 Å². The largest absolute Gasteiger partial charge is 0.119 e. The Balaban J connectivity index is 2.42. The summed E-state index contributed by atoms with van der Waals surface area (Å²) in [6.45, 7) is 8.55. The summed E-state index contributed by atoms with van der Waals surface area (Å²) in [4.78, 5) is -0.0368. The quantitative estimate of drug-likeness (QED) is 0.166. The van der Waals surface area contributed by atoms with E-state index in [0.717, 1.165) is 18.8 Å². The predicted octanol–water partition coefficient (Wildman–Crippen LogP) is 8.68. The molecule has 0 nitrogen and oxygen atoms in total. The maximum atomic E-state index is 7.15. The molecule has 2 atom stereocenters. The van der Waals surface area contributed by atoms with Crippen LogP contribution in [0.25, 0.3) is 0 Å². The Hall–Kier alpha value is 0.0300. The summed E-state index contributed by atoms with van der Waals surface area (Å²) in [7, 11) is 0. The molecule has 1 saturated carbocycles. The highest BCUT2D eigenvalue weighted by atomic mass is 35.5. The first kappa shape index (κ1) is 22.1. The van der Waals surface area contributed by atoms with E-state index in [-0.39, 0.29) is 4.87 Å². The maximum absolute atomic E-state index is 7.15. The SMILES string of the molecule is C=CCC(Cl)(CC)C(CCCCCCCCCC)C1CCCCC1. The second-order valence-corrected chi connectivity index (χ2v) is 8.90. The molecule has 0 spiro atoms. The van der Waals surface area contributed by atoms with Crippen molar-refractivity contribution < 1.29 is 0 Å². The number of halogens is 1. The normalized spacial score (nSPS) is 19.8. The van der Waals surface area contributed by atoms with Crippen LogP contribution in [0, 0.1) is 11.8 Å². The summed E-state index contributed by atoms with van der Waals surface area (Å²) in [5.74, 6) is 1.56. The van der Waals surface area contributed by atoms with Gasteiger partial charge in [0, 0.05) is 0 Å². The van der Waals surface area contributed by atoms with Gasteiger partial charge < -0.3 is 0 Å². The maximum Gasteiger partial charge on any atom is 0.0509 e. The smallest absolute Gasteiger partial charge is 0.0509 e. The third-order valence-electron chi connectivity index (χ3n) is 6.32. The van der Waals surface area contributed by atoms with Gasteiger partial charge in [-0.2, -0.15) is 0 Å². The zero-order chi connectivity index (χ0) is 17.7. The highest BCUT2D eigenvalue weighted by molar-refractivity contribution is 6.24. The Bertz CT molecular complexity index is 305. The van der Waals surface area contributed by atoms with Gasteiger partial charge in [0.25, 0.3) is 0 Å². The van der Waals surface area contributed by atoms with Gasteiger partial charge in [0.2, 0.25) is 0 Å². The molecule has 0 aromatic rings. The Labute approximate surface area is 157 Å². The third kappa shape index (κ3) is 7.94. The Morgan fingerprint density at radius 1 is 0.958 bits per heavy atom. The number of rotatable bonds is 14. The molecule has 0 heterocycles. The third-order valence-corrected chi connectivity index (χ3v) is 7.03. The van der Waals surface area contributed by atoms with Gasteiger partial charge >= 0.3 is 0 Å². The van der Waals surface area contributed by atoms with E-state index in [1.54, 1.807) is 0 Å². The summed E-state index contributed by atoms with van der Waals surface area (Å²) >= 11 is 7.15. The molecule has 142 valence electrons. The fourth-order valence-electron chi connectivity index (χ4n) is 4.75. The first-order chi connectivity index (χ1) is 11.7. The molecule has 0 bridgehead atoms. The fourth-order valence-corrected chi connectivity index (χ4v) is 5.15. The van der Waals surface area contributed by atoms with Gasteiger partial charge in [-0.25, -0.2) is 0 Å². The van der Waals surface area contributed by atoms with Crippen molar-refractivity contribution in [2.75, 3.05) is 0 Å². The van der Waals surface area contributed by atoms with E-state index in [1.165, 1.54) is 89.9 Å². The van der Waals surface area contributed by atoms with Crippen LogP contribution >= 0.6 is 11.6 Å². The highest BCUT2D eigenvalue weighted by Crippen LogP contribution is 2.45. The molecule has 1 aliphatic rings. The topological polar surface area (TPSA) is 0 Å². The van der Waals surface area contributed by atoms with E-state index in [9.17, 15) is 0 Å². The van der Waals surface area contributed by atoms with Crippen molar-refractivity contribution in [2.24, 2.45) is 11.8 Å². The molecule has 0 radical (unpaired) electrons. The minimum Gasteiger partial charge on any atom is -0.119 e. The van der Waals surface area contributed by atoms with Gasteiger partial charge in [0.05, 0.1) is 4.87 Å². The van der Waals surface area contributed by atoms with Gasteiger partial charge in [-0.3, -0.25) is 0 Å². The number of alkyl halides is 1. The monoisotopic (exact) mass is 354 g/mol. The lowest BCUT2D eigenvalue weighted by Gasteiger charge is -2.41. The van der Waals surface area contributed by atoms with Gasteiger partial charge in [0.15, 0.2) is 0 Å². The number of allylic oxidation sites excluding steroid dienone is 1. The first-order valence-electron chi connectivity index (χ1n) is 11.0. The number of hydrogen-bond donors (Lipinski definition) is 0. The van der Waals surface area contributed by atoms with Crippen LogP contribution in [-0.2, 0) is 0 Å². The molecule has 1 fully saturated rings.